The van der Waals surface area contributed by atoms with Crippen molar-refractivity contribution in [3.05, 3.63) is 29.6 Å². The van der Waals surface area contributed by atoms with E-state index in [1.54, 1.807) is 0 Å². The first-order valence-electron chi connectivity index (χ1n) is 7.97. The van der Waals surface area contributed by atoms with Crippen molar-refractivity contribution < 1.29 is 0 Å². The van der Waals surface area contributed by atoms with Crippen molar-refractivity contribution >= 4 is 0 Å². The third kappa shape index (κ3) is 4.88. The highest BCUT2D eigenvalue weighted by Gasteiger charge is 2.19. The minimum atomic E-state index is 0.815. The monoisotopic (exact) mass is 275 g/mol. The Morgan fingerprint density at radius 2 is 2.30 bits per heavy atom. The van der Waals surface area contributed by atoms with Gasteiger partial charge in [0, 0.05) is 12.2 Å². The molecule has 0 aliphatic carbocycles. The Balaban J connectivity index is 1.72. The zero-order valence-corrected chi connectivity index (χ0v) is 13.2. The molecule has 2 atom stereocenters. The summed E-state index contributed by atoms with van der Waals surface area (Å²) in [6.07, 6.45) is 4.03. The zero-order chi connectivity index (χ0) is 14.4. The normalized spacial score (nSPS) is 21.1. The smallest absolute Gasteiger partial charge is 0.0547 e. The van der Waals surface area contributed by atoms with Crippen LogP contribution in [-0.2, 0) is 6.54 Å². The van der Waals surface area contributed by atoms with Crippen molar-refractivity contribution in [2.24, 2.45) is 11.8 Å². The molecule has 2 unspecified atom stereocenters. The Kier molecular flexibility index (Phi) is 5.99. The van der Waals surface area contributed by atoms with Gasteiger partial charge < -0.3 is 10.2 Å². The van der Waals surface area contributed by atoms with Crippen LogP contribution in [0.1, 0.15) is 37.6 Å². The fourth-order valence-electron chi connectivity index (χ4n) is 3.07. The summed E-state index contributed by atoms with van der Waals surface area (Å²) in [6.45, 7) is 9.01. The minimum Gasteiger partial charge on any atom is -0.316 e. The molecule has 2 rings (SSSR count). The lowest BCUT2D eigenvalue weighted by atomic mass is 9.85. The van der Waals surface area contributed by atoms with Gasteiger partial charge in [0.1, 0.15) is 0 Å². The maximum Gasteiger partial charge on any atom is 0.0547 e. The number of pyridine rings is 1. The standard InChI is InChI=1S/C17H29N3/c1-14(16-7-5-10-18-12-16)9-11-20(3)13-17-8-4-6-15(2)19-17/h4,6,8,14,16,18H,5,7,9-13H2,1-3H3. The summed E-state index contributed by atoms with van der Waals surface area (Å²) in [5.74, 6) is 1.69. The first-order chi connectivity index (χ1) is 9.65. The highest BCUT2D eigenvalue weighted by Crippen LogP contribution is 2.22. The van der Waals surface area contributed by atoms with Gasteiger partial charge in [-0.15, -0.1) is 0 Å². The van der Waals surface area contributed by atoms with Gasteiger partial charge in [-0.2, -0.15) is 0 Å². The third-order valence-electron chi connectivity index (χ3n) is 4.48. The summed E-state index contributed by atoms with van der Waals surface area (Å²) in [5, 5.41) is 3.53. The molecule has 0 amide bonds. The molecule has 1 fully saturated rings. The van der Waals surface area contributed by atoms with Gasteiger partial charge >= 0.3 is 0 Å². The van der Waals surface area contributed by atoms with E-state index in [0.717, 1.165) is 30.6 Å². The average Bonchev–Trinajstić information content (AvgIpc) is 2.46. The second kappa shape index (κ2) is 7.75. The van der Waals surface area contributed by atoms with Crippen LogP contribution in [0.5, 0.6) is 0 Å². The van der Waals surface area contributed by atoms with Crippen LogP contribution < -0.4 is 5.32 Å². The summed E-state index contributed by atoms with van der Waals surface area (Å²) >= 11 is 0. The topological polar surface area (TPSA) is 28.2 Å². The molecule has 1 aromatic heterocycles. The van der Waals surface area contributed by atoms with E-state index in [9.17, 15) is 0 Å². The highest BCUT2D eigenvalue weighted by atomic mass is 15.1. The SMILES string of the molecule is Cc1cccc(CN(C)CCC(C)C2CCCNC2)n1. The van der Waals surface area contributed by atoms with E-state index in [-0.39, 0.29) is 0 Å². The Labute approximate surface area is 123 Å². The lowest BCUT2D eigenvalue weighted by Gasteiger charge is -2.29. The number of aromatic nitrogens is 1. The fourth-order valence-corrected chi connectivity index (χ4v) is 3.07. The molecule has 20 heavy (non-hydrogen) atoms. The number of hydrogen-bond acceptors (Lipinski definition) is 3. The first-order valence-corrected chi connectivity index (χ1v) is 7.97. The van der Waals surface area contributed by atoms with Crippen LogP contribution in [0.15, 0.2) is 18.2 Å². The van der Waals surface area contributed by atoms with Gasteiger partial charge in [-0.1, -0.05) is 13.0 Å². The number of aryl methyl sites for hydroxylation is 1. The minimum absolute atomic E-state index is 0.815. The van der Waals surface area contributed by atoms with Gasteiger partial charge in [-0.05, 0) is 76.8 Å². The first kappa shape index (κ1) is 15.5. The van der Waals surface area contributed by atoms with Crippen molar-refractivity contribution in [3.8, 4) is 0 Å². The summed E-state index contributed by atoms with van der Waals surface area (Å²) in [7, 11) is 2.20. The largest absolute Gasteiger partial charge is 0.316 e. The second-order valence-electron chi connectivity index (χ2n) is 6.38. The van der Waals surface area contributed by atoms with E-state index in [1.165, 1.54) is 38.0 Å². The molecule has 2 heterocycles. The Morgan fingerprint density at radius 3 is 3.00 bits per heavy atom. The maximum atomic E-state index is 4.58. The molecule has 0 saturated carbocycles. The van der Waals surface area contributed by atoms with E-state index < -0.39 is 0 Å². The Hall–Kier alpha value is -0.930. The van der Waals surface area contributed by atoms with Gasteiger partial charge in [0.15, 0.2) is 0 Å². The van der Waals surface area contributed by atoms with Crippen LogP contribution in [0, 0.1) is 18.8 Å². The van der Waals surface area contributed by atoms with Crippen LogP contribution in [0.25, 0.3) is 0 Å². The van der Waals surface area contributed by atoms with Gasteiger partial charge in [0.2, 0.25) is 0 Å². The molecular weight excluding hydrogens is 246 g/mol. The highest BCUT2D eigenvalue weighted by molar-refractivity contribution is 5.09. The van der Waals surface area contributed by atoms with Crippen LogP contribution in [0.4, 0.5) is 0 Å². The second-order valence-corrected chi connectivity index (χ2v) is 6.38. The summed E-state index contributed by atoms with van der Waals surface area (Å²) in [4.78, 5) is 6.98. The summed E-state index contributed by atoms with van der Waals surface area (Å²) < 4.78 is 0. The predicted molar refractivity (Wildman–Crippen MR) is 84.7 cm³/mol. The number of nitrogens with zero attached hydrogens (tertiary/aromatic N) is 2. The molecule has 3 nitrogen and oxygen atoms in total. The molecule has 1 N–H and O–H groups in total. The molecule has 0 radical (unpaired) electrons. The quantitative estimate of drug-likeness (QED) is 0.865. The molecule has 0 bridgehead atoms. The van der Waals surface area contributed by atoms with Crippen molar-refractivity contribution in [2.75, 3.05) is 26.7 Å². The molecular formula is C17H29N3. The summed E-state index contributed by atoms with van der Waals surface area (Å²) in [6, 6.07) is 6.28. The predicted octanol–water partition coefficient (Wildman–Crippen LogP) is 2.85. The van der Waals surface area contributed by atoms with E-state index in [1.807, 2.05) is 0 Å². The third-order valence-corrected chi connectivity index (χ3v) is 4.48. The molecule has 1 aromatic rings. The molecule has 0 spiro atoms. The van der Waals surface area contributed by atoms with E-state index in [4.69, 9.17) is 0 Å². The van der Waals surface area contributed by atoms with Crippen molar-refractivity contribution in [1.82, 2.24) is 15.2 Å². The molecule has 1 aliphatic rings. The van der Waals surface area contributed by atoms with Gasteiger partial charge in [-0.25, -0.2) is 0 Å². The zero-order valence-electron chi connectivity index (χ0n) is 13.2. The number of piperidine rings is 1. The number of rotatable bonds is 6. The van der Waals surface area contributed by atoms with Crippen LogP contribution in [0.3, 0.4) is 0 Å². The lowest BCUT2D eigenvalue weighted by Crippen LogP contribution is -2.34. The van der Waals surface area contributed by atoms with Crippen molar-refractivity contribution in [2.45, 2.75) is 39.7 Å². The van der Waals surface area contributed by atoms with Crippen molar-refractivity contribution in [1.29, 1.82) is 0 Å². The van der Waals surface area contributed by atoms with E-state index in [2.05, 4.69) is 54.3 Å². The Bertz CT molecular complexity index is 399. The van der Waals surface area contributed by atoms with Crippen molar-refractivity contribution in [3.63, 3.8) is 0 Å². The molecule has 1 saturated heterocycles. The van der Waals surface area contributed by atoms with E-state index >= 15 is 0 Å². The lowest BCUT2D eigenvalue weighted by molar-refractivity contribution is 0.228. The maximum absolute atomic E-state index is 4.58. The van der Waals surface area contributed by atoms with Crippen LogP contribution >= 0.6 is 0 Å². The number of nitrogens with one attached hydrogen (secondary N) is 1. The van der Waals surface area contributed by atoms with Gasteiger partial charge in [-0.3, -0.25) is 4.98 Å². The Morgan fingerprint density at radius 1 is 1.45 bits per heavy atom. The molecule has 0 aromatic carbocycles. The van der Waals surface area contributed by atoms with Crippen LogP contribution in [-0.4, -0.2) is 36.6 Å². The summed E-state index contributed by atoms with van der Waals surface area (Å²) in [5.41, 5.74) is 2.29. The van der Waals surface area contributed by atoms with Gasteiger partial charge in [0.05, 0.1) is 5.69 Å². The van der Waals surface area contributed by atoms with E-state index in [0.29, 0.717) is 0 Å². The fraction of sp³-hybridized carbons (Fsp3) is 0.706. The molecule has 1 aliphatic heterocycles. The average molecular weight is 275 g/mol. The molecule has 3 heteroatoms. The molecule has 112 valence electrons. The van der Waals surface area contributed by atoms with Crippen LogP contribution in [0.2, 0.25) is 0 Å². The van der Waals surface area contributed by atoms with Gasteiger partial charge in [0.25, 0.3) is 0 Å². The number of hydrogen-bond donors (Lipinski definition) is 1.